The van der Waals surface area contributed by atoms with Gasteiger partial charge in [-0.3, -0.25) is 0 Å². The molecule has 0 aromatic heterocycles. The number of hydrogen-bond acceptors (Lipinski definition) is 3. The molecule has 116 valence electrons. The van der Waals surface area contributed by atoms with E-state index in [-0.39, 0.29) is 6.54 Å². The van der Waals surface area contributed by atoms with E-state index in [1.807, 2.05) is 11.6 Å². The van der Waals surface area contributed by atoms with Crippen LogP contribution in [0.4, 0.5) is 13.2 Å². The standard InChI is InChI=1S/C10H22F3N3O2S/c1-3-6-14-7-4-9-16(2)19(17,18)15-8-5-10(11,12)13/h14-15H,3-9H2,1-2H3. The van der Waals surface area contributed by atoms with Gasteiger partial charge in [0, 0.05) is 20.1 Å². The van der Waals surface area contributed by atoms with Gasteiger partial charge in [-0.15, -0.1) is 0 Å². The molecule has 5 nitrogen and oxygen atoms in total. The highest BCUT2D eigenvalue weighted by atomic mass is 32.2. The Bertz CT molecular complexity index is 333. The molecule has 0 amide bonds. The summed E-state index contributed by atoms with van der Waals surface area (Å²) in [5, 5.41) is 3.11. The lowest BCUT2D eigenvalue weighted by Gasteiger charge is -2.18. The van der Waals surface area contributed by atoms with Gasteiger partial charge in [0.15, 0.2) is 0 Å². The molecule has 0 saturated heterocycles. The first-order valence-electron chi connectivity index (χ1n) is 6.17. The fourth-order valence-corrected chi connectivity index (χ4v) is 2.23. The van der Waals surface area contributed by atoms with Crippen molar-refractivity contribution >= 4 is 10.2 Å². The van der Waals surface area contributed by atoms with Gasteiger partial charge in [0.2, 0.25) is 0 Å². The van der Waals surface area contributed by atoms with Gasteiger partial charge in [0.1, 0.15) is 0 Å². The monoisotopic (exact) mass is 305 g/mol. The Morgan fingerprint density at radius 2 is 1.79 bits per heavy atom. The Hall–Kier alpha value is -0.380. The maximum absolute atomic E-state index is 11.9. The van der Waals surface area contributed by atoms with Gasteiger partial charge in [-0.2, -0.15) is 25.9 Å². The summed E-state index contributed by atoms with van der Waals surface area (Å²) < 4.78 is 61.8. The Balaban J connectivity index is 3.91. The van der Waals surface area contributed by atoms with Gasteiger partial charge in [-0.05, 0) is 25.9 Å². The largest absolute Gasteiger partial charge is 0.390 e. The van der Waals surface area contributed by atoms with E-state index in [9.17, 15) is 21.6 Å². The summed E-state index contributed by atoms with van der Waals surface area (Å²) in [5.74, 6) is 0. The summed E-state index contributed by atoms with van der Waals surface area (Å²) in [7, 11) is -2.48. The van der Waals surface area contributed by atoms with Gasteiger partial charge < -0.3 is 5.32 Å². The molecule has 0 rings (SSSR count). The third kappa shape index (κ3) is 10.1. The normalized spacial score (nSPS) is 13.2. The molecule has 0 aromatic carbocycles. The molecular formula is C10H22F3N3O2S. The average molecular weight is 305 g/mol. The molecule has 2 N–H and O–H groups in total. The number of rotatable bonds is 10. The predicted octanol–water partition coefficient (Wildman–Crippen LogP) is 1.09. The summed E-state index contributed by atoms with van der Waals surface area (Å²) in [4.78, 5) is 0. The van der Waals surface area contributed by atoms with Crippen molar-refractivity contribution in [2.45, 2.75) is 32.4 Å². The van der Waals surface area contributed by atoms with E-state index in [2.05, 4.69) is 5.32 Å². The first-order chi connectivity index (χ1) is 8.69. The zero-order valence-corrected chi connectivity index (χ0v) is 12.1. The van der Waals surface area contributed by atoms with Crippen LogP contribution in [0.25, 0.3) is 0 Å². The Morgan fingerprint density at radius 1 is 1.16 bits per heavy atom. The fourth-order valence-electron chi connectivity index (χ4n) is 1.28. The third-order valence-electron chi connectivity index (χ3n) is 2.36. The highest BCUT2D eigenvalue weighted by Crippen LogP contribution is 2.18. The number of nitrogens with zero attached hydrogens (tertiary/aromatic N) is 1. The third-order valence-corrected chi connectivity index (χ3v) is 3.93. The van der Waals surface area contributed by atoms with Crippen LogP contribution in [0, 0.1) is 0 Å². The van der Waals surface area contributed by atoms with Crippen molar-refractivity contribution in [2.24, 2.45) is 0 Å². The molecule has 0 saturated carbocycles. The van der Waals surface area contributed by atoms with E-state index in [0.29, 0.717) is 13.0 Å². The smallest absolute Gasteiger partial charge is 0.317 e. The van der Waals surface area contributed by atoms with E-state index < -0.39 is 29.4 Å². The lowest BCUT2D eigenvalue weighted by Crippen LogP contribution is -2.40. The highest BCUT2D eigenvalue weighted by Gasteiger charge is 2.27. The lowest BCUT2D eigenvalue weighted by atomic mass is 10.4. The highest BCUT2D eigenvalue weighted by molar-refractivity contribution is 7.87. The van der Waals surface area contributed by atoms with Crippen molar-refractivity contribution in [1.82, 2.24) is 14.3 Å². The molecule has 0 aliphatic carbocycles. The van der Waals surface area contributed by atoms with E-state index in [0.717, 1.165) is 17.3 Å². The average Bonchev–Trinajstić information content (AvgIpc) is 2.26. The first kappa shape index (κ1) is 18.6. The van der Waals surface area contributed by atoms with Crippen LogP contribution in [-0.4, -0.2) is 52.1 Å². The molecule has 0 spiro atoms. The fraction of sp³-hybridized carbons (Fsp3) is 1.00. The van der Waals surface area contributed by atoms with Crippen molar-refractivity contribution in [3.8, 4) is 0 Å². The quantitative estimate of drug-likeness (QED) is 0.594. The maximum atomic E-state index is 11.9. The molecular weight excluding hydrogens is 283 g/mol. The number of hydrogen-bond donors (Lipinski definition) is 2. The summed E-state index contributed by atoms with van der Waals surface area (Å²) in [6, 6.07) is 0. The molecule has 0 aromatic rings. The molecule has 0 fully saturated rings. The summed E-state index contributed by atoms with van der Waals surface area (Å²) in [5.41, 5.74) is 0. The van der Waals surface area contributed by atoms with Gasteiger partial charge >= 0.3 is 6.18 Å². The molecule has 0 radical (unpaired) electrons. The number of nitrogens with one attached hydrogen (secondary N) is 2. The molecule has 0 aliphatic rings. The second-order valence-electron chi connectivity index (χ2n) is 4.19. The first-order valence-corrected chi connectivity index (χ1v) is 7.61. The SMILES string of the molecule is CCCNCCCN(C)S(=O)(=O)NCCC(F)(F)F. The van der Waals surface area contributed by atoms with Crippen LogP contribution in [-0.2, 0) is 10.2 Å². The summed E-state index contributed by atoms with van der Waals surface area (Å²) in [6.07, 6.45) is -3.92. The van der Waals surface area contributed by atoms with Crippen molar-refractivity contribution in [3.05, 3.63) is 0 Å². The lowest BCUT2D eigenvalue weighted by molar-refractivity contribution is -0.132. The van der Waals surface area contributed by atoms with E-state index >= 15 is 0 Å². The topological polar surface area (TPSA) is 61.4 Å². The second-order valence-corrected chi connectivity index (χ2v) is 6.05. The summed E-state index contributed by atoms with van der Waals surface area (Å²) >= 11 is 0. The van der Waals surface area contributed by atoms with Crippen LogP contribution in [0.2, 0.25) is 0 Å². The van der Waals surface area contributed by atoms with Crippen molar-refractivity contribution in [3.63, 3.8) is 0 Å². The minimum atomic E-state index is -4.36. The van der Waals surface area contributed by atoms with Crippen LogP contribution in [0.5, 0.6) is 0 Å². The molecule has 0 atom stereocenters. The minimum Gasteiger partial charge on any atom is -0.317 e. The van der Waals surface area contributed by atoms with E-state index in [4.69, 9.17) is 0 Å². The van der Waals surface area contributed by atoms with Gasteiger partial charge in [-0.1, -0.05) is 6.92 Å². The van der Waals surface area contributed by atoms with Crippen LogP contribution in [0.15, 0.2) is 0 Å². The number of alkyl halides is 3. The Morgan fingerprint density at radius 3 is 2.32 bits per heavy atom. The minimum absolute atomic E-state index is 0.262. The van der Waals surface area contributed by atoms with E-state index in [1.165, 1.54) is 7.05 Å². The second kappa shape index (κ2) is 8.72. The molecule has 0 aliphatic heterocycles. The van der Waals surface area contributed by atoms with Crippen molar-refractivity contribution < 1.29 is 21.6 Å². The molecule has 0 unspecified atom stereocenters. The Kier molecular flexibility index (Phi) is 8.55. The molecule has 9 heteroatoms. The van der Waals surface area contributed by atoms with Gasteiger partial charge in [-0.25, -0.2) is 4.72 Å². The van der Waals surface area contributed by atoms with Gasteiger partial charge in [0.25, 0.3) is 10.2 Å². The van der Waals surface area contributed by atoms with Gasteiger partial charge in [0.05, 0.1) is 6.42 Å². The summed E-state index contributed by atoms with van der Waals surface area (Å²) in [6.45, 7) is 3.19. The zero-order chi connectivity index (χ0) is 14.9. The predicted molar refractivity (Wildman–Crippen MR) is 68.0 cm³/mol. The van der Waals surface area contributed by atoms with Crippen LogP contribution >= 0.6 is 0 Å². The molecule has 19 heavy (non-hydrogen) atoms. The molecule has 0 bridgehead atoms. The maximum Gasteiger partial charge on any atom is 0.390 e. The van der Waals surface area contributed by atoms with E-state index in [1.54, 1.807) is 0 Å². The van der Waals surface area contributed by atoms with Crippen LogP contribution < -0.4 is 10.0 Å². The number of halogens is 3. The Labute approximate surface area is 112 Å². The molecule has 0 heterocycles. The zero-order valence-electron chi connectivity index (χ0n) is 11.3. The van der Waals surface area contributed by atoms with Crippen molar-refractivity contribution in [2.75, 3.05) is 33.2 Å². The van der Waals surface area contributed by atoms with Crippen LogP contribution in [0.3, 0.4) is 0 Å². The van der Waals surface area contributed by atoms with Crippen LogP contribution in [0.1, 0.15) is 26.2 Å². The van der Waals surface area contributed by atoms with Crippen molar-refractivity contribution in [1.29, 1.82) is 0 Å².